The van der Waals surface area contributed by atoms with Crippen molar-refractivity contribution < 1.29 is 18.7 Å². The van der Waals surface area contributed by atoms with E-state index in [1.807, 2.05) is 95.2 Å². The molecule has 0 atom stereocenters. The molecule has 0 spiro atoms. The van der Waals surface area contributed by atoms with Gasteiger partial charge in [-0.15, -0.1) is 0 Å². The van der Waals surface area contributed by atoms with Gasteiger partial charge in [0.25, 0.3) is 7.57 Å². The second kappa shape index (κ2) is 10.1. The van der Waals surface area contributed by atoms with Crippen LogP contribution in [0.25, 0.3) is 0 Å². The Kier molecular flexibility index (Phi) is 9.02. The third-order valence-electron chi connectivity index (χ3n) is 4.43. The lowest BCUT2D eigenvalue weighted by Gasteiger charge is -2.33. The van der Waals surface area contributed by atoms with Crippen LogP contribution >= 0.6 is 7.57 Å². The number of benzene rings is 1. The first kappa shape index (κ1) is 27.7. The van der Waals surface area contributed by atoms with Crippen molar-refractivity contribution in [2.45, 2.75) is 112 Å². The van der Waals surface area contributed by atoms with Crippen LogP contribution in [0.4, 0.5) is 0 Å². The standard InChI is InChI=1S/C25H42NO4P/c1-16(2)28-31(29-17(3)4,30-18(5)6)22(15-26)19-13-20(24(7,8)9)23(27)21(14-19)25(10,11)12/h13-14,16-18,27H,1-12H3. The Labute approximate surface area is 189 Å². The Bertz CT molecular complexity index is 797. The molecule has 0 radical (unpaired) electrons. The van der Waals surface area contributed by atoms with Crippen LogP contribution < -0.4 is 0 Å². The van der Waals surface area contributed by atoms with Crippen LogP contribution in [0.15, 0.2) is 12.1 Å². The van der Waals surface area contributed by atoms with Crippen molar-refractivity contribution in [2.24, 2.45) is 0 Å². The fourth-order valence-corrected chi connectivity index (χ4v) is 5.96. The van der Waals surface area contributed by atoms with E-state index in [0.29, 0.717) is 10.9 Å². The molecule has 6 heteroatoms. The van der Waals surface area contributed by atoms with Gasteiger partial charge < -0.3 is 18.7 Å². The van der Waals surface area contributed by atoms with Crippen LogP contribution in [-0.4, -0.2) is 28.7 Å². The third-order valence-corrected chi connectivity index (χ3v) is 7.43. The number of phenolic OH excluding ortho intramolecular Hbond substituents is 1. The van der Waals surface area contributed by atoms with E-state index in [9.17, 15) is 10.4 Å². The summed E-state index contributed by atoms with van der Waals surface area (Å²) in [5.74, 6) is 0.268. The van der Waals surface area contributed by atoms with Gasteiger partial charge in [0.2, 0.25) is 0 Å². The first-order valence-electron chi connectivity index (χ1n) is 11.0. The van der Waals surface area contributed by atoms with Crippen LogP contribution in [-0.2, 0) is 24.4 Å². The molecule has 0 aliphatic rings. The Morgan fingerprint density at radius 3 is 1.35 bits per heavy atom. The summed E-state index contributed by atoms with van der Waals surface area (Å²) < 4.78 is 18.9. The molecule has 0 fully saturated rings. The number of phenols is 1. The zero-order chi connectivity index (χ0) is 24.4. The van der Waals surface area contributed by atoms with Gasteiger partial charge in [-0.1, -0.05) is 41.5 Å². The predicted octanol–water partition coefficient (Wildman–Crippen LogP) is 7.07. The summed E-state index contributed by atoms with van der Waals surface area (Å²) in [6.07, 6.45) is -0.596. The molecule has 0 aliphatic carbocycles. The van der Waals surface area contributed by atoms with Gasteiger partial charge in [-0.2, -0.15) is 5.26 Å². The van der Waals surface area contributed by atoms with E-state index in [0.717, 1.165) is 11.1 Å². The smallest absolute Gasteiger partial charge is 0.277 e. The minimum atomic E-state index is -3.18. The van der Waals surface area contributed by atoms with E-state index < -0.39 is 7.57 Å². The second-order valence-corrected chi connectivity index (χ2v) is 12.9. The summed E-state index contributed by atoms with van der Waals surface area (Å²) >= 11 is 0. The molecule has 0 heterocycles. The van der Waals surface area contributed by atoms with E-state index in [1.165, 1.54) is 0 Å². The fourth-order valence-electron chi connectivity index (χ4n) is 3.26. The summed E-state index contributed by atoms with van der Waals surface area (Å²) in [5, 5.41) is 21.8. The molecule has 0 saturated carbocycles. The van der Waals surface area contributed by atoms with Gasteiger partial charge in [-0.3, -0.25) is 0 Å². The van der Waals surface area contributed by atoms with Gasteiger partial charge >= 0.3 is 0 Å². The highest BCUT2D eigenvalue weighted by molar-refractivity contribution is 7.63. The molecule has 1 aromatic rings. The number of hydrogen-bond acceptors (Lipinski definition) is 5. The van der Waals surface area contributed by atoms with E-state index in [2.05, 4.69) is 6.07 Å². The molecule has 176 valence electrons. The number of aromatic hydroxyl groups is 1. The molecule has 0 aromatic heterocycles. The largest absolute Gasteiger partial charge is 0.507 e. The Balaban J connectivity index is 4.18. The van der Waals surface area contributed by atoms with Gasteiger partial charge in [0.1, 0.15) is 17.1 Å². The molecule has 0 bridgehead atoms. The van der Waals surface area contributed by atoms with Gasteiger partial charge in [-0.05, 0) is 64.5 Å². The van der Waals surface area contributed by atoms with Crippen LogP contribution in [0.1, 0.15) is 99.8 Å². The lowest BCUT2D eigenvalue weighted by Crippen LogP contribution is -2.22. The molecule has 5 nitrogen and oxygen atoms in total. The maximum Gasteiger partial charge on any atom is 0.277 e. The molecule has 0 amide bonds. The van der Waals surface area contributed by atoms with Crippen LogP contribution in [0.2, 0.25) is 0 Å². The van der Waals surface area contributed by atoms with Crippen molar-refractivity contribution in [2.75, 3.05) is 0 Å². The molecular weight excluding hydrogens is 409 g/mol. The van der Waals surface area contributed by atoms with Gasteiger partial charge in [0, 0.05) is 16.7 Å². The van der Waals surface area contributed by atoms with Crippen LogP contribution in [0, 0.1) is 11.3 Å². The molecule has 31 heavy (non-hydrogen) atoms. The number of nitrogens with zero attached hydrogens (tertiary/aromatic N) is 1. The van der Waals surface area contributed by atoms with Crippen molar-refractivity contribution in [3.05, 3.63) is 28.8 Å². The van der Waals surface area contributed by atoms with Crippen molar-refractivity contribution in [1.82, 2.24) is 0 Å². The summed E-state index contributed by atoms with van der Waals surface area (Å²) in [4.78, 5) is 0. The van der Waals surface area contributed by atoms with Crippen LogP contribution in [0.5, 0.6) is 5.75 Å². The van der Waals surface area contributed by atoms with Gasteiger partial charge in [-0.25, -0.2) is 0 Å². The summed E-state index contributed by atoms with van der Waals surface area (Å²) in [6, 6.07) is 6.13. The Morgan fingerprint density at radius 2 is 1.13 bits per heavy atom. The van der Waals surface area contributed by atoms with Gasteiger partial charge in [0.05, 0.1) is 18.3 Å². The minimum absolute atomic E-state index is 0.199. The van der Waals surface area contributed by atoms with Crippen molar-refractivity contribution >= 4 is 12.9 Å². The van der Waals surface area contributed by atoms with Crippen molar-refractivity contribution in [3.8, 4) is 11.8 Å². The molecule has 0 unspecified atom stereocenters. The Hall–Kier alpha value is -1.31. The number of hydrogen-bond donors (Lipinski definition) is 1. The van der Waals surface area contributed by atoms with E-state index in [1.54, 1.807) is 0 Å². The normalized spacial score (nSPS) is 13.2. The van der Waals surface area contributed by atoms with Crippen LogP contribution in [0.3, 0.4) is 0 Å². The first-order valence-corrected chi connectivity index (χ1v) is 12.6. The van der Waals surface area contributed by atoms with Crippen molar-refractivity contribution in [3.63, 3.8) is 0 Å². The molecule has 1 aromatic carbocycles. The lowest BCUT2D eigenvalue weighted by molar-refractivity contribution is 0.0894. The third kappa shape index (κ3) is 7.09. The highest BCUT2D eigenvalue weighted by atomic mass is 31.2. The zero-order valence-corrected chi connectivity index (χ0v) is 22.3. The number of rotatable bonds is 7. The van der Waals surface area contributed by atoms with Crippen molar-refractivity contribution in [1.29, 1.82) is 5.26 Å². The molecule has 1 N–H and O–H groups in total. The summed E-state index contributed by atoms with van der Waals surface area (Å²) in [6.45, 7) is 23.8. The van der Waals surface area contributed by atoms with E-state index in [4.69, 9.17) is 13.6 Å². The topological polar surface area (TPSA) is 71.7 Å². The first-order chi connectivity index (χ1) is 13.9. The predicted molar refractivity (Wildman–Crippen MR) is 131 cm³/mol. The molecular formula is C25H42NO4P. The fraction of sp³-hybridized carbons (Fsp3) is 0.680. The highest BCUT2D eigenvalue weighted by Crippen LogP contribution is 2.57. The Morgan fingerprint density at radius 1 is 0.806 bits per heavy atom. The molecule has 0 saturated heterocycles. The van der Waals surface area contributed by atoms with E-state index in [-0.39, 0.29) is 34.9 Å². The zero-order valence-electron chi connectivity index (χ0n) is 21.5. The quantitative estimate of drug-likeness (QED) is 0.449. The average molecular weight is 452 g/mol. The monoisotopic (exact) mass is 451 g/mol. The number of nitriles is 1. The maximum absolute atomic E-state index is 11.1. The average Bonchev–Trinajstić information content (AvgIpc) is 2.52. The maximum atomic E-state index is 11.1. The SMILES string of the molecule is CC(C)OP(OC(C)C)(OC(C)C)=C(C#N)c1cc(C(C)(C)C)c(O)c(C(C)(C)C)c1. The lowest BCUT2D eigenvalue weighted by atomic mass is 9.78. The van der Waals surface area contributed by atoms with Gasteiger partial charge in [0.15, 0.2) is 0 Å². The van der Waals surface area contributed by atoms with E-state index >= 15 is 0 Å². The summed E-state index contributed by atoms with van der Waals surface area (Å²) in [5.41, 5.74) is 1.58. The second-order valence-electron chi connectivity index (χ2n) is 10.8. The minimum Gasteiger partial charge on any atom is -0.507 e. The summed E-state index contributed by atoms with van der Waals surface area (Å²) in [7, 11) is -3.18. The molecule has 1 rings (SSSR count). The highest BCUT2D eigenvalue weighted by Gasteiger charge is 2.35. The molecule has 0 aliphatic heterocycles.